The first-order valence-corrected chi connectivity index (χ1v) is 11.0. The quantitative estimate of drug-likeness (QED) is 0.486. The molecular weight excluding hydrogens is 416 g/mol. The SMILES string of the molecule is COc1ccc(CCNC(=O)[C@H](C)N(Cc2ccccc2)C(=O)COc2ccccc2)cc1. The number of carbonyl (C=O) groups is 2. The van der Waals surface area contributed by atoms with Crippen LogP contribution in [0.25, 0.3) is 0 Å². The van der Waals surface area contributed by atoms with Crippen molar-refractivity contribution in [1.82, 2.24) is 10.2 Å². The zero-order valence-corrected chi connectivity index (χ0v) is 19.1. The van der Waals surface area contributed by atoms with Crippen molar-refractivity contribution in [2.24, 2.45) is 0 Å². The predicted molar refractivity (Wildman–Crippen MR) is 128 cm³/mol. The summed E-state index contributed by atoms with van der Waals surface area (Å²) in [4.78, 5) is 27.5. The molecule has 3 aromatic carbocycles. The minimum absolute atomic E-state index is 0.139. The number of hydrogen-bond donors (Lipinski definition) is 1. The van der Waals surface area contributed by atoms with Crippen molar-refractivity contribution in [2.75, 3.05) is 20.3 Å². The number of carbonyl (C=O) groups excluding carboxylic acids is 2. The van der Waals surface area contributed by atoms with E-state index in [4.69, 9.17) is 9.47 Å². The van der Waals surface area contributed by atoms with Gasteiger partial charge in [-0.15, -0.1) is 0 Å². The molecule has 172 valence electrons. The summed E-state index contributed by atoms with van der Waals surface area (Å²) in [5.41, 5.74) is 2.04. The van der Waals surface area contributed by atoms with Gasteiger partial charge >= 0.3 is 0 Å². The molecule has 1 N–H and O–H groups in total. The smallest absolute Gasteiger partial charge is 0.261 e. The van der Waals surface area contributed by atoms with Gasteiger partial charge in [-0.1, -0.05) is 60.7 Å². The van der Waals surface area contributed by atoms with Crippen molar-refractivity contribution in [3.05, 3.63) is 96.1 Å². The molecule has 0 aromatic heterocycles. The van der Waals surface area contributed by atoms with E-state index in [0.717, 1.165) is 16.9 Å². The Hall–Kier alpha value is -3.80. The summed E-state index contributed by atoms with van der Waals surface area (Å²) in [6.07, 6.45) is 0.687. The Kier molecular flexibility index (Phi) is 8.88. The van der Waals surface area contributed by atoms with Gasteiger partial charge in [-0.25, -0.2) is 0 Å². The van der Waals surface area contributed by atoms with Gasteiger partial charge in [0, 0.05) is 13.1 Å². The summed E-state index contributed by atoms with van der Waals surface area (Å²) < 4.78 is 10.8. The number of benzene rings is 3. The number of nitrogens with zero attached hydrogens (tertiary/aromatic N) is 1. The Morgan fingerprint density at radius 3 is 2.12 bits per heavy atom. The lowest BCUT2D eigenvalue weighted by Gasteiger charge is -2.28. The van der Waals surface area contributed by atoms with Crippen LogP contribution in [-0.4, -0.2) is 43.0 Å². The minimum atomic E-state index is -0.645. The zero-order valence-electron chi connectivity index (χ0n) is 19.1. The maximum atomic E-state index is 13.0. The number of methoxy groups -OCH3 is 1. The van der Waals surface area contributed by atoms with Gasteiger partial charge in [0.15, 0.2) is 6.61 Å². The van der Waals surface area contributed by atoms with E-state index in [-0.39, 0.29) is 18.4 Å². The summed E-state index contributed by atoms with van der Waals surface area (Å²) in [5, 5.41) is 2.95. The summed E-state index contributed by atoms with van der Waals surface area (Å²) >= 11 is 0. The molecule has 0 aliphatic carbocycles. The van der Waals surface area contributed by atoms with E-state index in [1.807, 2.05) is 72.8 Å². The second kappa shape index (κ2) is 12.3. The lowest BCUT2D eigenvalue weighted by Crippen LogP contribution is -2.49. The summed E-state index contributed by atoms with van der Waals surface area (Å²) in [5.74, 6) is 0.958. The highest BCUT2D eigenvalue weighted by atomic mass is 16.5. The maximum absolute atomic E-state index is 13.0. The molecule has 0 radical (unpaired) electrons. The number of rotatable bonds is 11. The summed E-state index contributed by atoms with van der Waals surface area (Å²) in [6.45, 7) is 2.40. The molecule has 0 saturated carbocycles. The highest BCUT2D eigenvalue weighted by Gasteiger charge is 2.26. The molecule has 0 aliphatic rings. The van der Waals surface area contributed by atoms with Gasteiger partial charge in [0.2, 0.25) is 5.91 Å². The topological polar surface area (TPSA) is 67.9 Å². The van der Waals surface area contributed by atoms with Gasteiger partial charge in [-0.2, -0.15) is 0 Å². The van der Waals surface area contributed by atoms with E-state index in [0.29, 0.717) is 25.3 Å². The van der Waals surface area contributed by atoms with Gasteiger partial charge in [0.25, 0.3) is 5.91 Å². The number of amides is 2. The third-order valence-electron chi connectivity index (χ3n) is 5.34. The average molecular weight is 447 g/mol. The molecule has 0 bridgehead atoms. The van der Waals surface area contributed by atoms with Gasteiger partial charge < -0.3 is 19.7 Å². The Morgan fingerprint density at radius 2 is 1.48 bits per heavy atom. The van der Waals surface area contributed by atoms with Gasteiger partial charge in [0.05, 0.1) is 7.11 Å². The lowest BCUT2D eigenvalue weighted by molar-refractivity contribution is -0.142. The number of ether oxygens (including phenoxy) is 2. The molecule has 0 aliphatic heterocycles. The highest BCUT2D eigenvalue weighted by molar-refractivity contribution is 5.88. The van der Waals surface area contributed by atoms with E-state index < -0.39 is 6.04 Å². The molecule has 1 atom stereocenters. The molecule has 6 heteroatoms. The fourth-order valence-corrected chi connectivity index (χ4v) is 3.38. The van der Waals surface area contributed by atoms with Crippen LogP contribution in [0.15, 0.2) is 84.9 Å². The highest BCUT2D eigenvalue weighted by Crippen LogP contribution is 2.13. The first kappa shape index (κ1) is 23.9. The number of nitrogens with one attached hydrogen (secondary N) is 1. The molecule has 33 heavy (non-hydrogen) atoms. The van der Waals surface area contributed by atoms with Gasteiger partial charge in [-0.3, -0.25) is 9.59 Å². The van der Waals surface area contributed by atoms with Crippen LogP contribution in [0.5, 0.6) is 11.5 Å². The van der Waals surface area contributed by atoms with Crippen LogP contribution in [0, 0.1) is 0 Å². The molecule has 0 fully saturated rings. The molecular formula is C27H30N2O4. The summed E-state index contributed by atoms with van der Waals surface area (Å²) in [7, 11) is 1.63. The number of hydrogen-bond acceptors (Lipinski definition) is 4. The Labute approximate surface area is 195 Å². The van der Waals surface area contributed by atoms with E-state index in [2.05, 4.69) is 5.32 Å². The van der Waals surface area contributed by atoms with E-state index >= 15 is 0 Å². The van der Waals surface area contributed by atoms with E-state index in [9.17, 15) is 9.59 Å². The predicted octanol–water partition coefficient (Wildman–Crippen LogP) is 3.85. The molecule has 2 amide bonds. The molecule has 0 heterocycles. The van der Waals surface area contributed by atoms with Gasteiger partial charge in [0.1, 0.15) is 17.5 Å². The second-order valence-corrected chi connectivity index (χ2v) is 7.67. The molecule has 0 unspecified atom stereocenters. The zero-order chi connectivity index (χ0) is 23.5. The van der Waals surface area contributed by atoms with Crippen molar-refractivity contribution in [3.8, 4) is 11.5 Å². The number of para-hydroxylation sites is 1. The van der Waals surface area contributed by atoms with Crippen LogP contribution in [-0.2, 0) is 22.6 Å². The van der Waals surface area contributed by atoms with E-state index in [1.54, 1.807) is 31.1 Å². The molecule has 0 spiro atoms. The Morgan fingerprint density at radius 1 is 0.848 bits per heavy atom. The van der Waals surface area contributed by atoms with Gasteiger partial charge in [-0.05, 0) is 48.7 Å². The third-order valence-corrected chi connectivity index (χ3v) is 5.34. The van der Waals surface area contributed by atoms with Crippen molar-refractivity contribution >= 4 is 11.8 Å². The normalized spacial score (nSPS) is 11.3. The molecule has 0 saturated heterocycles. The minimum Gasteiger partial charge on any atom is -0.497 e. The maximum Gasteiger partial charge on any atom is 0.261 e. The first-order valence-electron chi connectivity index (χ1n) is 11.0. The fourth-order valence-electron chi connectivity index (χ4n) is 3.38. The molecule has 3 rings (SSSR count). The lowest BCUT2D eigenvalue weighted by atomic mass is 10.1. The van der Waals surface area contributed by atoms with Crippen molar-refractivity contribution < 1.29 is 19.1 Å². The largest absolute Gasteiger partial charge is 0.497 e. The van der Waals surface area contributed by atoms with E-state index in [1.165, 1.54) is 0 Å². The van der Waals surface area contributed by atoms with Crippen LogP contribution in [0.3, 0.4) is 0 Å². The van der Waals surface area contributed by atoms with Crippen LogP contribution in [0.2, 0.25) is 0 Å². The van der Waals surface area contributed by atoms with Crippen molar-refractivity contribution in [1.29, 1.82) is 0 Å². The standard InChI is InChI=1S/C27H30N2O4/c1-21(27(31)28-18-17-22-13-15-24(32-2)16-14-22)29(19-23-9-5-3-6-10-23)26(30)20-33-25-11-7-4-8-12-25/h3-16,21H,17-20H2,1-2H3,(H,28,31)/t21-/m0/s1. The molecule has 6 nitrogen and oxygen atoms in total. The van der Waals surface area contributed by atoms with Crippen LogP contribution in [0.1, 0.15) is 18.1 Å². The third kappa shape index (κ3) is 7.38. The monoisotopic (exact) mass is 446 g/mol. The summed E-state index contributed by atoms with van der Waals surface area (Å²) in [6, 6.07) is 25.9. The molecule has 3 aromatic rings. The Balaban J connectivity index is 1.60. The van der Waals surface area contributed by atoms with Crippen LogP contribution < -0.4 is 14.8 Å². The first-order chi connectivity index (χ1) is 16.1. The van der Waals surface area contributed by atoms with Crippen molar-refractivity contribution in [2.45, 2.75) is 25.9 Å². The fraction of sp³-hybridized carbons (Fsp3) is 0.259. The van der Waals surface area contributed by atoms with Crippen molar-refractivity contribution in [3.63, 3.8) is 0 Å². The Bertz CT molecular complexity index is 1010. The second-order valence-electron chi connectivity index (χ2n) is 7.67. The van der Waals surface area contributed by atoms with Crippen LogP contribution in [0.4, 0.5) is 0 Å². The van der Waals surface area contributed by atoms with Crippen LogP contribution >= 0.6 is 0 Å². The average Bonchev–Trinajstić information content (AvgIpc) is 2.87.